The highest BCUT2D eigenvalue weighted by atomic mass is 16.3. The average Bonchev–Trinajstić information content (AvgIpc) is 3.18. The van der Waals surface area contributed by atoms with Gasteiger partial charge in [-0.25, -0.2) is 0 Å². The molecule has 2 fully saturated rings. The summed E-state index contributed by atoms with van der Waals surface area (Å²) in [7, 11) is 0. The third-order valence-electron chi connectivity index (χ3n) is 6.73. The molecule has 5 nitrogen and oxygen atoms in total. The molecule has 0 aliphatic carbocycles. The molecule has 2 aromatic carbocycles. The van der Waals surface area contributed by atoms with E-state index >= 15 is 0 Å². The van der Waals surface area contributed by atoms with Crippen LogP contribution in [0, 0.1) is 12.3 Å². The maximum atomic E-state index is 13.0. The second-order valence-electron chi connectivity index (χ2n) is 8.74. The highest BCUT2D eigenvalue weighted by Crippen LogP contribution is 2.45. The molecule has 4 atom stereocenters. The van der Waals surface area contributed by atoms with E-state index in [1.54, 1.807) is 6.92 Å². The highest BCUT2D eigenvalue weighted by Gasteiger charge is 2.60. The number of aliphatic hydroxyl groups excluding tert-OH is 1. The Balaban J connectivity index is 1.47. The number of terminal acetylenes is 1. The zero-order valence-corrected chi connectivity index (χ0v) is 18.1. The first-order valence-electron chi connectivity index (χ1n) is 11.1. The number of carbonyl (C=O) groups excluding carboxylic acids is 1. The van der Waals surface area contributed by atoms with Gasteiger partial charge >= 0.3 is 0 Å². The smallest absolute Gasteiger partial charge is 0.240 e. The van der Waals surface area contributed by atoms with Crippen molar-refractivity contribution >= 4 is 5.91 Å². The molecule has 0 saturated carbocycles. The van der Waals surface area contributed by atoms with Gasteiger partial charge in [0.15, 0.2) is 0 Å². The van der Waals surface area contributed by atoms with E-state index in [1.807, 2.05) is 41.3 Å². The lowest BCUT2D eigenvalue weighted by molar-refractivity contribution is -0.148. The summed E-state index contributed by atoms with van der Waals surface area (Å²) in [5.74, 6) is 2.78. The van der Waals surface area contributed by atoms with Crippen LogP contribution in [0.3, 0.4) is 0 Å². The van der Waals surface area contributed by atoms with Crippen molar-refractivity contribution in [3.63, 3.8) is 0 Å². The van der Waals surface area contributed by atoms with Crippen molar-refractivity contribution < 1.29 is 9.90 Å². The largest absolute Gasteiger partial charge is 0.391 e. The van der Waals surface area contributed by atoms with Crippen LogP contribution in [0.1, 0.15) is 30.9 Å². The summed E-state index contributed by atoms with van der Waals surface area (Å²) in [5.41, 5.74) is 2.17. The summed E-state index contributed by atoms with van der Waals surface area (Å²) in [6.07, 6.45) is 7.31. The normalized spacial score (nSPS) is 25.5. The first-order chi connectivity index (χ1) is 15.0. The van der Waals surface area contributed by atoms with Gasteiger partial charge in [0.2, 0.25) is 5.91 Å². The van der Waals surface area contributed by atoms with Crippen molar-refractivity contribution in [2.45, 2.75) is 56.6 Å². The van der Waals surface area contributed by atoms with Crippen molar-refractivity contribution in [3.05, 3.63) is 71.8 Å². The Hall–Kier alpha value is -2.65. The fourth-order valence-electron chi connectivity index (χ4n) is 5.22. The Kier molecular flexibility index (Phi) is 6.43. The number of nitrogens with one attached hydrogen (secondary N) is 1. The van der Waals surface area contributed by atoms with Crippen LogP contribution in [0.2, 0.25) is 0 Å². The molecule has 2 aliphatic rings. The molecule has 0 bridgehead atoms. The maximum absolute atomic E-state index is 13.0. The molecular weight excluding hydrogens is 386 g/mol. The first-order valence-corrected chi connectivity index (χ1v) is 11.1. The Morgan fingerprint density at radius 1 is 1.19 bits per heavy atom. The predicted octanol–water partition coefficient (Wildman–Crippen LogP) is 2.40. The van der Waals surface area contributed by atoms with Crippen molar-refractivity contribution in [1.82, 2.24) is 15.1 Å². The summed E-state index contributed by atoms with van der Waals surface area (Å²) in [6.45, 7) is 4.65. The fourth-order valence-corrected chi connectivity index (χ4v) is 5.22. The first kappa shape index (κ1) is 21.6. The molecule has 0 aromatic heterocycles. The Morgan fingerprint density at radius 3 is 2.45 bits per heavy atom. The second-order valence-corrected chi connectivity index (χ2v) is 8.74. The molecule has 2 aliphatic heterocycles. The molecule has 2 saturated heterocycles. The van der Waals surface area contributed by atoms with E-state index < -0.39 is 12.1 Å². The Morgan fingerprint density at radius 2 is 1.84 bits per heavy atom. The van der Waals surface area contributed by atoms with Gasteiger partial charge in [-0.3, -0.25) is 14.6 Å². The van der Waals surface area contributed by atoms with Crippen molar-refractivity contribution in [2.75, 3.05) is 13.1 Å². The molecule has 162 valence electrons. The number of carbonyl (C=O) groups is 1. The third-order valence-corrected chi connectivity index (χ3v) is 6.73. The molecule has 2 heterocycles. The molecule has 2 unspecified atom stereocenters. The standard InChI is InChI=1S/C26H31N3O2/c1-3-23-26(15-10-16-28(26)18-22-13-8-5-9-14-22)19-29(23)24(20(2)30)25(31)27-17-21-11-6-4-7-12-21/h1,4-9,11-14,20,23-24,30H,10,15-19H2,2H3,(H,27,31)/t20-,23?,24+,26?/m1/s1. The molecule has 2 N–H and O–H groups in total. The zero-order chi connectivity index (χ0) is 21.8. The molecule has 31 heavy (non-hydrogen) atoms. The number of hydrogen-bond donors (Lipinski definition) is 2. The number of likely N-dealkylation sites (tertiary alicyclic amines) is 2. The minimum atomic E-state index is -0.812. The summed E-state index contributed by atoms with van der Waals surface area (Å²) in [6, 6.07) is 19.4. The predicted molar refractivity (Wildman–Crippen MR) is 122 cm³/mol. The van der Waals surface area contributed by atoms with Crippen molar-refractivity contribution in [2.24, 2.45) is 0 Å². The SMILES string of the molecule is C#CC1N([C@H](C(=O)NCc2ccccc2)[C@@H](C)O)CC12CCCN2Cc1ccccc1. The van der Waals surface area contributed by atoms with E-state index in [9.17, 15) is 9.90 Å². The molecular formula is C26H31N3O2. The summed E-state index contributed by atoms with van der Waals surface area (Å²) in [4.78, 5) is 17.5. The van der Waals surface area contributed by atoms with Crippen molar-refractivity contribution in [1.29, 1.82) is 0 Å². The number of benzene rings is 2. The van der Waals surface area contributed by atoms with Crippen LogP contribution in [0.5, 0.6) is 0 Å². The molecule has 1 amide bonds. The minimum absolute atomic E-state index is 0.128. The van der Waals surface area contributed by atoms with Crippen LogP contribution >= 0.6 is 0 Å². The van der Waals surface area contributed by atoms with E-state index in [0.717, 1.165) is 31.5 Å². The molecule has 5 heteroatoms. The summed E-state index contributed by atoms with van der Waals surface area (Å²) in [5, 5.41) is 13.5. The van der Waals surface area contributed by atoms with Crippen LogP contribution in [0.15, 0.2) is 60.7 Å². The summed E-state index contributed by atoms with van der Waals surface area (Å²) >= 11 is 0. The molecule has 1 spiro atoms. The molecule has 4 rings (SSSR count). The van der Waals surface area contributed by atoms with Crippen LogP contribution in [-0.2, 0) is 17.9 Å². The van der Waals surface area contributed by atoms with E-state index in [2.05, 4.69) is 40.4 Å². The van der Waals surface area contributed by atoms with Gasteiger partial charge in [-0.15, -0.1) is 6.42 Å². The van der Waals surface area contributed by atoms with Gasteiger partial charge in [0.25, 0.3) is 0 Å². The van der Waals surface area contributed by atoms with Gasteiger partial charge in [-0.1, -0.05) is 66.6 Å². The highest BCUT2D eigenvalue weighted by molar-refractivity contribution is 5.82. The monoisotopic (exact) mass is 417 g/mol. The number of amides is 1. The van der Waals surface area contributed by atoms with Gasteiger partial charge in [0.1, 0.15) is 6.04 Å². The van der Waals surface area contributed by atoms with Gasteiger partial charge in [0.05, 0.1) is 17.7 Å². The van der Waals surface area contributed by atoms with E-state index in [0.29, 0.717) is 13.1 Å². The average molecular weight is 418 g/mol. The van der Waals surface area contributed by atoms with Crippen LogP contribution in [0.25, 0.3) is 0 Å². The van der Waals surface area contributed by atoms with E-state index in [1.165, 1.54) is 5.56 Å². The Bertz CT molecular complexity index is 925. The van der Waals surface area contributed by atoms with Crippen LogP contribution < -0.4 is 5.32 Å². The lowest BCUT2D eigenvalue weighted by Gasteiger charge is -2.60. The number of nitrogens with zero attached hydrogens (tertiary/aromatic N) is 2. The van der Waals surface area contributed by atoms with E-state index in [4.69, 9.17) is 6.42 Å². The third kappa shape index (κ3) is 4.24. The van der Waals surface area contributed by atoms with E-state index in [-0.39, 0.29) is 17.5 Å². The van der Waals surface area contributed by atoms with Gasteiger partial charge < -0.3 is 10.4 Å². The van der Waals surface area contributed by atoms with Gasteiger partial charge in [-0.2, -0.15) is 0 Å². The minimum Gasteiger partial charge on any atom is -0.391 e. The number of hydrogen-bond acceptors (Lipinski definition) is 4. The van der Waals surface area contributed by atoms with Crippen LogP contribution in [-0.4, -0.2) is 57.6 Å². The van der Waals surface area contributed by atoms with Gasteiger partial charge in [0, 0.05) is 19.6 Å². The fraction of sp³-hybridized carbons (Fsp3) is 0.423. The zero-order valence-electron chi connectivity index (χ0n) is 18.1. The quantitative estimate of drug-likeness (QED) is 0.680. The maximum Gasteiger partial charge on any atom is 0.240 e. The lowest BCUT2D eigenvalue weighted by atomic mass is 9.76. The molecule has 0 radical (unpaired) electrons. The van der Waals surface area contributed by atoms with Crippen LogP contribution in [0.4, 0.5) is 0 Å². The van der Waals surface area contributed by atoms with Gasteiger partial charge in [-0.05, 0) is 37.4 Å². The Labute approximate surface area is 185 Å². The summed E-state index contributed by atoms with van der Waals surface area (Å²) < 4.78 is 0. The van der Waals surface area contributed by atoms with Crippen molar-refractivity contribution in [3.8, 4) is 12.3 Å². The number of rotatable bonds is 7. The number of aliphatic hydroxyl groups is 1. The molecule has 2 aromatic rings. The topological polar surface area (TPSA) is 55.8 Å². The second kappa shape index (κ2) is 9.23. The lowest BCUT2D eigenvalue weighted by Crippen LogP contribution is -2.78.